The molecule has 0 radical (unpaired) electrons. The lowest BCUT2D eigenvalue weighted by molar-refractivity contribution is 0.0383. The standard InChI is InChI=1S/C11H17N3O/c12-10-1-2-11(13-9-10)3-4-14-5-7-15-8-6-14/h1-2,9H,3-8,12H2. The Hall–Kier alpha value is -1.13. The average Bonchev–Trinajstić information content (AvgIpc) is 2.30. The number of pyridine rings is 1. The van der Waals surface area contributed by atoms with Gasteiger partial charge in [0.05, 0.1) is 25.1 Å². The van der Waals surface area contributed by atoms with Crippen LogP contribution in [0.4, 0.5) is 5.69 Å². The van der Waals surface area contributed by atoms with Crippen molar-refractivity contribution in [3.8, 4) is 0 Å². The van der Waals surface area contributed by atoms with E-state index in [4.69, 9.17) is 10.5 Å². The number of ether oxygens (including phenoxy) is 1. The number of nitrogen functional groups attached to an aromatic ring is 1. The van der Waals surface area contributed by atoms with Gasteiger partial charge in [0.25, 0.3) is 0 Å². The number of rotatable bonds is 3. The van der Waals surface area contributed by atoms with Crippen LogP contribution in [0.2, 0.25) is 0 Å². The van der Waals surface area contributed by atoms with Gasteiger partial charge in [-0.3, -0.25) is 9.88 Å². The highest BCUT2D eigenvalue weighted by Gasteiger charge is 2.09. The summed E-state index contributed by atoms with van der Waals surface area (Å²) in [4.78, 5) is 6.68. The zero-order valence-electron chi connectivity index (χ0n) is 8.85. The third kappa shape index (κ3) is 3.18. The van der Waals surface area contributed by atoms with E-state index in [1.807, 2.05) is 12.1 Å². The first-order valence-electron chi connectivity index (χ1n) is 5.35. The molecule has 1 saturated heterocycles. The maximum absolute atomic E-state index is 5.58. The highest BCUT2D eigenvalue weighted by atomic mass is 16.5. The molecule has 1 aliphatic heterocycles. The summed E-state index contributed by atoms with van der Waals surface area (Å²) in [6.45, 7) is 4.84. The van der Waals surface area contributed by atoms with Crippen LogP contribution in [0.3, 0.4) is 0 Å². The third-order valence-corrected chi connectivity index (χ3v) is 2.64. The van der Waals surface area contributed by atoms with Gasteiger partial charge in [-0.15, -0.1) is 0 Å². The van der Waals surface area contributed by atoms with Crippen LogP contribution >= 0.6 is 0 Å². The molecule has 82 valence electrons. The lowest BCUT2D eigenvalue weighted by Gasteiger charge is -2.26. The molecule has 1 fully saturated rings. The molecule has 0 amide bonds. The number of anilines is 1. The molecule has 4 nitrogen and oxygen atoms in total. The van der Waals surface area contributed by atoms with Crippen LogP contribution in [-0.2, 0) is 11.2 Å². The molecule has 0 bridgehead atoms. The first-order chi connectivity index (χ1) is 7.34. The SMILES string of the molecule is Nc1ccc(CCN2CCOCC2)nc1. The fourth-order valence-corrected chi connectivity index (χ4v) is 1.68. The molecule has 0 atom stereocenters. The van der Waals surface area contributed by atoms with Gasteiger partial charge in [0.2, 0.25) is 0 Å². The number of hydrogen-bond acceptors (Lipinski definition) is 4. The highest BCUT2D eigenvalue weighted by molar-refractivity contribution is 5.34. The van der Waals surface area contributed by atoms with Gasteiger partial charge < -0.3 is 10.5 Å². The predicted molar refractivity (Wildman–Crippen MR) is 59.6 cm³/mol. The Labute approximate surface area is 90.0 Å². The van der Waals surface area contributed by atoms with Crippen molar-refractivity contribution in [2.45, 2.75) is 6.42 Å². The van der Waals surface area contributed by atoms with Gasteiger partial charge in [0, 0.05) is 31.7 Å². The van der Waals surface area contributed by atoms with Crippen molar-refractivity contribution < 1.29 is 4.74 Å². The van der Waals surface area contributed by atoms with E-state index in [9.17, 15) is 0 Å². The number of nitrogens with zero attached hydrogens (tertiary/aromatic N) is 2. The lowest BCUT2D eigenvalue weighted by atomic mass is 10.2. The van der Waals surface area contributed by atoms with Gasteiger partial charge in [-0.2, -0.15) is 0 Å². The van der Waals surface area contributed by atoms with Crippen LogP contribution in [0.1, 0.15) is 5.69 Å². The quantitative estimate of drug-likeness (QED) is 0.786. The van der Waals surface area contributed by atoms with Crippen LogP contribution in [0.25, 0.3) is 0 Å². The first-order valence-corrected chi connectivity index (χ1v) is 5.35. The van der Waals surface area contributed by atoms with E-state index in [1.54, 1.807) is 6.20 Å². The molecule has 0 saturated carbocycles. The zero-order valence-corrected chi connectivity index (χ0v) is 8.85. The molecule has 2 rings (SSSR count). The maximum Gasteiger partial charge on any atom is 0.0594 e. The number of hydrogen-bond donors (Lipinski definition) is 1. The van der Waals surface area contributed by atoms with Crippen molar-refractivity contribution in [3.05, 3.63) is 24.0 Å². The summed E-state index contributed by atoms with van der Waals surface area (Å²) in [7, 11) is 0. The van der Waals surface area contributed by atoms with Gasteiger partial charge in [-0.05, 0) is 12.1 Å². The number of aromatic nitrogens is 1. The predicted octanol–water partition coefficient (Wildman–Crippen LogP) is 0.538. The molecule has 0 unspecified atom stereocenters. The van der Waals surface area contributed by atoms with E-state index in [0.717, 1.165) is 50.7 Å². The molecular weight excluding hydrogens is 190 g/mol. The smallest absolute Gasteiger partial charge is 0.0594 e. The largest absolute Gasteiger partial charge is 0.397 e. The van der Waals surface area contributed by atoms with Gasteiger partial charge in [0.1, 0.15) is 0 Å². The molecular formula is C11H17N3O. The Morgan fingerprint density at radius 2 is 2.13 bits per heavy atom. The van der Waals surface area contributed by atoms with Crippen LogP contribution in [0.15, 0.2) is 18.3 Å². The summed E-state index contributed by atoms with van der Waals surface area (Å²) < 4.78 is 5.29. The minimum Gasteiger partial charge on any atom is -0.397 e. The fraction of sp³-hybridized carbons (Fsp3) is 0.545. The van der Waals surface area contributed by atoms with E-state index in [1.165, 1.54) is 0 Å². The molecule has 4 heteroatoms. The summed E-state index contributed by atoms with van der Waals surface area (Å²) in [6, 6.07) is 3.90. The van der Waals surface area contributed by atoms with Crippen LogP contribution in [0.5, 0.6) is 0 Å². The van der Waals surface area contributed by atoms with Crippen LogP contribution in [0, 0.1) is 0 Å². The Balaban J connectivity index is 1.79. The monoisotopic (exact) mass is 207 g/mol. The van der Waals surface area contributed by atoms with Crippen molar-refractivity contribution in [2.75, 3.05) is 38.6 Å². The Bertz CT molecular complexity index is 293. The van der Waals surface area contributed by atoms with Crippen molar-refractivity contribution in [2.24, 2.45) is 0 Å². The molecule has 0 aromatic carbocycles. The van der Waals surface area contributed by atoms with Crippen molar-refractivity contribution >= 4 is 5.69 Å². The fourth-order valence-electron chi connectivity index (χ4n) is 1.68. The minimum atomic E-state index is 0.727. The Morgan fingerprint density at radius 3 is 2.80 bits per heavy atom. The Morgan fingerprint density at radius 1 is 1.33 bits per heavy atom. The van der Waals surface area contributed by atoms with E-state index in [-0.39, 0.29) is 0 Å². The molecule has 1 aromatic heterocycles. The molecule has 15 heavy (non-hydrogen) atoms. The summed E-state index contributed by atoms with van der Waals surface area (Å²) in [5.74, 6) is 0. The molecule has 2 N–H and O–H groups in total. The molecule has 2 heterocycles. The van der Waals surface area contributed by atoms with E-state index < -0.39 is 0 Å². The van der Waals surface area contributed by atoms with Gasteiger partial charge in [-0.25, -0.2) is 0 Å². The van der Waals surface area contributed by atoms with Gasteiger partial charge in [0.15, 0.2) is 0 Å². The minimum absolute atomic E-state index is 0.727. The van der Waals surface area contributed by atoms with E-state index >= 15 is 0 Å². The summed E-state index contributed by atoms with van der Waals surface area (Å²) in [5, 5.41) is 0. The van der Waals surface area contributed by atoms with Gasteiger partial charge in [-0.1, -0.05) is 0 Å². The summed E-state index contributed by atoms with van der Waals surface area (Å²) in [6.07, 6.45) is 2.70. The highest BCUT2D eigenvalue weighted by Crippen LogP contribution is 2.04. The van der Waals surface area contributed by atoms with Crippen LogP contribution in [-0.4, -0.2) is 42.7 Å². The second-order valence-electron chi connectivity index (χ2n) is 3.79. The second-order valence-corrected chi connectivity index (χ2v) is 3.79. The topological polar surface area (TPSA) is 51.4 Å². The lowest BCUT2D eigenvalue weighted by Crippen LogP contribution is -2.37. The van der Waals surface area contributed by atoms with E-state index in [0.29, 0.717) is 0 Å². The molecule has 0 spiro atoms. The normalized spacial score (nSPS) is 17.9. The van der Waals surface area contributed by atoms with Crippen LogP contribution < -0.4 is 5.73 Å². The van der Waals surface area contributed by atoms with Gasteiger partial charge >= 0.3 is 0 Å². The number of morpholine rings is 1. The molecule has 1 aliphatic rings. The first kappa shape index (κ1) is 10.4. The zero-order chi connectivity index (χ0) is 10.5. The second kappa shape index (κ2) is 5.09. The van der Waals surface area contributed by atoms with Crippen molar-refractivity contribution in [3.63, 3.8) is 0 Å². The molecule has 0 aliphatic carbocycles. The van der Waals surface area contributed by atoms with Crippen molar-refractivity contribution in [1.82, 2.24) is 9.88 Å². The third-order valence-electron chi connectivity index (χ3n) is 2.64. The summed E-state index contributed by atoms with van der Waals surface area (Å²) in [5.41, 5.74) is 7.41. The maximum atomic E-state index is 5.58. The Kier molecular flexibility index (Phi) is 3.53. The number of nitrogens with two attached hydrogens (primary N) is 1. The average molecular weight is 207 g/mol. The van der Waals surface area contributed by atoms with Crippen molar-refractivity contribution in [1.29, 1.82) is 0 Å². The van der Waals surface area contributed by atoms with E-state index in [2.05, 4.69) is 9.88 Å². The summed E-state index contributed by atoms with van der Waals surface area (Å²) >= 11 is 0. The molecule has 1 aromatic rings.